The van der Waals surface area contributed by atoms with Gasteiger partial charge in [-0.2, -0.15) is 0 Å². The summed E-state index contributed by atoms with van der Waals surface area (Å²) >= 11 is 0. The number of benzene rings is 2. The lowest BCUT2D eigenvalue weighted by Gasteiger charge is -2.24. The van der Waals surface area contributed by atoms with Gasteiger partial charge >= 0.3 is 0 Å². The molecule has 0 amide bonds. The first-order chi connectivity index (χ1) is 11.5. The zero-order chi connectivity index (χ0) is 17.3. The molecule has 0 bridgehead atoms. The number of aryl methyl sites for hydroxylation is 1. The number of hydrogen-bond acceptors (Lipinski definition) is 7. The highest BCUT2D eigenvalue weighted by Crippen LogP contribution is 2.34. The Bertz CT molecular complexity index is 892. The highest BCUT2D eigenvalue weighted by molar-refractivity contribution is 5.94. The number of rotatable bonds is 5. The number of anilines is 2. The average Bonchev–Trinajstić information content (AvgIpc) is 2.55. The van der Waals surface area contributed by atoms with Crippen LogP contribution in [0, 0.1) is 6.92 Å². The Morgan fingerprint density at radius 1 is 1.00 bits per heavy atom. The van der Waals surface area contributed by atoms with Crippen molar-refractivity contribution in [3.63, 3.8) is 0 Å². The first-order valence-corrected chi connectivity index (χ1v) is 7.71. The second-order valence-electron chi connectivity index (χ2n) is 5.66. The third-order valence-corrected chi connectivity index (χ3v) is 4.03. The van der Waals surface area contributed by atoms with Gasteiger partial charge in [0.2, 0.25) is 0 Å². The molecule has 0 atom stereocenters. The topological polar surface area (TPSA) is 116 Å². The van der Waals surface area contributed by atoms with E-state index >= 15 is 0 Å². The van der Waals surface area contributed by atoms with Crippen LogP contribution in [0.1, 0.15) is 5.56 Å². The molecule has 2 aromatic carbocycles. The van der Waals surface area contributed by atoms with E-state index in [1.165, 1.54) is 0 Å². The van der Waals surface area contributed by atoms with E-state index in [9.17, 15) is 15.3 Å². The van der Waals surface area contributed by atoms with Gasteiger partial charge in [-0.05, 0) is 36.8 Å². The number of aromatic nitrogens is 2. The number of nitrogens with zero attached hydrogens (tertiary/aromatic N) is 3. The second kappa shape index (κ2) is 6.46. The van der Waals surface area contributed by atoms with Gasteiger partial charge in [-0.15, -0.1) is 0 Å². The third kappa shape index (κ3) is 2.79. The van der Waals surface area contributed by atoms with Gasteiger partial charge in [0.05, 0.1) is 35.5 Å². The van der Waals surface area contributed by atoms with Gasteiger partial charge in [0.15, 0.2) is 5.75 Å². The number of phenolic OH excluding ortho intramolecular Hbond substituents is 1. The van der Waals surface area contributed by atoms with Crippen LogP contribution in [0.3, 0.4) is 0 Å². The molecule has 5 N–H and O–H groups in total. The van der Waals surface area contributed by atoms with E-state index < -0.39 is 0 Å². The van der Waals surface area contributed by atoms with E-state index in [4.69, 9.17) is 5.73 Å². The van der Waals surface area contributed by atoms with E-state index in [0.29, 0.717) is 46.5 Å². The Hall–Kier alpha value is -2.64. The number of nitrogen functional groups attached to an aromatic ring is 1. The van der Waals surface area contributed by atoms with Crippen molar-refractivity contribution in [3.05, 3.63) is 29.8 Å². The first-order valence-electron chi connectivity index (χ1n) is 7.71. The van der Waals surface area contributed by atoms with Crippen molar-refractivity contribution in [1.29, 1.82) is 0 Å². The van der Waals surface area contributed by atoms with Gasteiger partial charge in [-0.3, -0.25) is 0 Å². The molecule has 0 fully saturated rings. The molecule has 0 aliphatic heterocycles. The maximum Gasteiger partial charge on any atom is 0.167 e. The fourth-order valence-corrected chi connectivity index (χ4v) is 2.73. The molecular weight excluding hydrogens is 308 g/mol. The van der Waals surface area contributed by atoms with Gasteiger partial charge in [-0.25, -0.2) is 9.97 Å². The predicted octanol–water partition coefficient (Wildman–Crippen LogP) is 1.17. The minimum absolute atomic E-state index is 0.0250. The van der Waals surface area contributed by atoms with Crippen molar-refractivity contribution >= 4 is 33.4 Å². The molecule has 7 nitrogen and oxygen atoms in total. The van der Waals surface area contributed by atoms with Crippen molar-refractivity contribution in [2.24, 2.45) is 0 Å². The van der Waals surface area contributed by atoms with Crippen molar-refractivity contribution < 1.29 is 15.3 Å². The summed E-state index contributed by atoms with van der Waals surface area (Å²) < 4.78 is 0. The number of aliphatic hydroxyl groups is 2. The molecule has 126 valence electrons. The van der Waals surface area contributed by atoms with Crippen LogP contribution < -0.4 is 10.6 Å². The molecule has 0 aliphatic rings. The van der Waals surface area contributed by atoms with Crippen molar-refractivity contribution in [3.8, 4) is 5.75 Å². The minimum Gasteiger partial charge on any atom is -0.504 e. The predicted molar refractivity (Wildman–Crippen MR) is 94.2 cm³/mol. The molecule has 0 aliphatic carbocycles. The number of nitrogens with two attached hydrogens (primary N) is 1. The maximum absolute atomic E-state index is 10.6. The van der Waals surface area contributed by atoms with Crippen molar-refractivity contribution in [2.75, 3.05) is 36.9 Å². The standard InChI is InChI=1S/C17H20N4O3/c1-10-8-13-14(9-11(10)18)20-16-12(19-13)2-3-15(17(16)24)21(4-6-22)5-7-23/h2-3,8-9,22-24H,4-7,18H2,1H3. The molecule has 7 heteroatoms. The zero-order valence-corrected chi connectivity index (χ0v) is 13.4. The summed E-state index contributed by atoms with van der Waals surface area (Å²) in [6.45, 7) is 2.33. The molecule has 24 heavy (non-hydrogen) atoms. The van der Waals surface area contributed by atoms with Crippen LogP contribution in [-0.4, -0.2) is 51.6 Å². The van der Waals surface area contributed by atoms with Gasteiger partial charge in [-0.1, -0.05) is 0 Å². The third-order valence-electron chi connectivity index (χ3n) is 4.03. The summed E-state index contributed by atoms with van der Waals surface area (Å²) in [5, 5.41) is 29.0. The van der Waals surface area contributed by atoms with Crippen molar-refractivity contribution in [2.45, 2.75) is 6.92 Å². The largest absolute Gasteiger partial charge is 0.504 e. The molecule has 0 radical (unpaired) electrons. The second-order valence-corrected chi connectivity index (χ2v) is 5.66. The number of hydrogen-bond donors (Lipinski definition) is 4. The maximum atomic E-state index is 10.6. The minimum atomic E-state index is -0.0866. The van der Waals surface area contributed by atoms with Gasteiger partial charge in [0.25, 0.3) is 0 Å². The Morgan fingerprint density at radius 3 is 2.33 bits per heavy atom. The lowest BCUT2D eigenvalue weighted by molar-refractivity contribution is 0.280. The normalized spacial score (nSPS) is 11.3. The lowest BCUT2D eigenvalue weighted by atomic mass is 10.1. The lowest BCUT2D eigenvalue weighted by Crippen LogP contribution is -2.29. The summed E-state index contributed by atoms with van der Waals surface area (Å²) in [7, 11) is 0. The van der Waals surface area contributed by atoms with Crippen LogP contribution in [0.2, 0.25) is 0 Å². The number of phenols is 1. The van der Waals surface area contributed by atoms with Gasteiger partial charge in [0.1, 0.15) is 5.52 Å². The molecule has 1 aromatic heterocycles. The van der Waals surface area contributed by atoms with Crippen LogP contribution in [0.4, 0.5) is 11.4 Å². The Balaban J connectivity index is 2.20. The van der Waals surface area contributed by atoms with Gasteiger partial charge in [0, 0.05) is 18.8 Å². The summed E-state index contributed by atoms with van der Waals surface area (Å²) in [6, 6.07) is 7.09. The molecule has 3 aromatic rings. The van der Waals surface area contributed by atoms with E-state index in [-0.39, 0.29) is 19.0 Å². The van der Waals surface area contributed by atoms with Crippen LogP contribution in [-0.2, 0) is 0 Å². The molecular formula is C17H20N4O3. The Morgan fingerprint density at radius 2 is 1.67 bits per heavy atom. The van der Waals surface area contributed by atoms with E-state index in [1.807, 2.05) is 13.0 Å². The summed E-state index contributed by atoms with van der Waals surface area (Å²) in [5.74, 6) is -0.0250. The van der Waals surface area contributed by atoms with Crippen molar-refractivity contribution in [1.82, 2.24) is 9.97 Å². The number of aliphatic hydroxyl groups excluding tert-OH is 2. The fraction of sp³-hybridized carbons (Fsp3) is 0.294. The highest BCUT2D eigenvalue weighted by atomic mass is 16.3. The fourth-order valence-electron chi connectivity index (χ4n) is 2.73. The molecule has 0 saturated carbocycles. The average molecular weight is 328 g/mol. The Labute approximate surface area is 139 Å². The van der Waals surface area contributed by atoms with E-state index in [2.05, 4.69) is 9.97 Å². The van der Waals surface area contributed by atoms with Crippen LogP contribution in [0.5, 0.6) is 5.75 Å². The number of aromatic hydroxyl groups is 1. The SMILES string of the molecule is Cc1cc2nc3ccc(N(CCO)CCO)c(O)c3nc2cc1N. The van der Waals surface area contributed by atoms with Crippen LogP contribution >= 0.6 is 0 Å². The summed E-state index contributed by atoms with van der Waals surface area (Å²) in [5.41, 5.74) is 10.2. The molecule has 0 saturated heterocycles. The first kappa shape index (κ1) is 16.2. The monoisotopic (exact) mass is 328 g/mol. The quantitative estimate of drug-likeness (QED) is 0.410. The summed E-state index contributed by atoms with van der Waals surface area (Å²) in [6.07, 6.45) is 0. The number of fused-ring (bicyclic) bond motifs is 2. The zero-order valence-electron chi connectivity index (χ0n) is 13.4. The van der Waals surface area contributed by atoms with E-state index in [1.54, 1.807) is 23.1 Å². The van der Waals surface area contributed by atoms with Crippen LogP contribution in [0.25, 0.3) is 22.1 Å². The molecule has 0 spiro atoms. The molecule has 0 unspecified atom stereocenters. The smallest absolute Gasteiger partial charge is 0.167 e. The van der Waals surface area contributed by atoms with Crippen LogP contribution in [0.15, 0.2) is 24.3 Å². The summed E-state index contributed by atoms with van der Waals surface area (Å²) in [4.78, 5) is 10.7. The molecule has 1 heterocycles. The Kier molecular flexibility index (Phi) is 4.37. The highest BCUT2D eigenvalue weighted by Gasteiger charge is 2.15. The van der Waals surface area contributed by atoms with E-state index in [0.717, 1.165) is 5.56 Å². The van der Waals surface area contributed by atoms with Gasteiger partial charge < -0.3 is 26.0 Å². The molecule has 3 rings (SSSR count).